The molecule has 2 N–H and O–H groups in total. The Labute approximate surface area is 108 Å². The molecule has 3 nitrogen and oxygen atoms in total. The zero-order chi connectivity index (χ0) is 14.0. The molecule has 1 heterocycles. The highest BCUT2D eigenvalue weighted by Gasteiger charge is 2.13. The van der Waals surface area contributed by atoms with Gasteiger partial charge in [-0.05, 0) is 24.3 Å². The number of nitrogens with zero attached hydrogens (tertiary/aromatic N) is 1. The number of amides is 1. The minimum atomic E-state index is -0.741. The van der Waals surface area contributed by atoms with Crippen LogP contribution in [0.1, 0.15) is 15.9 Å². The maximum Gasteiger partial charge on any atom is 0.248 e. The molecule has 0 radical (unpaired) electrons. The maximum absolute atomic E-state index is 13.9. The first kappa shape index (κ1) is 12.7. The van der Waals surface area contributed by atoms with Crippen molar-refractivity contribution in [2.45, 2.75) is 0 Å². The van der Waals surface area contributed by atoms with Gasteiger partial charge in [-0.15, -0.1) is 6.42 Å². The lowest BCUT2D eigenvalue weighted by Crippen LogP contribution is -2.11. The van der Waals surface area contributed by atoms with Crippen LogP contribution in [0.15, 0.2) is 30.5 Å². The summed E-state index contributed by atoms with van der Waals surface area (Å²) in [5, 5.41) is 0. The van der Waals surface area contributed by atoms with Gasteiger partial charge in [0.05, 0.1) is 17.5 Å². The summed E-state index contributed by atoms with van der Waals surface area (Å²) in [5.74, 6) is 0.190. The molecule has 2 rings (SSSR count). The Balaban J connectivity index is 2.60. The monoisotopic (exact) mass is 258 g/mol. The largest absolute Gasteiger partial charge is 0.366 e. The van der Waals surface area contributed by atoms with E-state index in [1.165, 1.54) is 12.1 Å². The number of primary amides is 1. The van der Waals surface area contributed by atoms with Gasteiger partial charge in [0.1, 0.15) is 11.6 Å². The molecule has 5 heteroatoms. The van der Waals surface area contributed by atoms with Gasteiger partial charge in [-0.1, -0.05) is 5.92 Å². The van der Waals surface area contributed by atoms with E-state index in [1.54, 1.807) is 0 Å². The Kier molecular flexibility index (Phi) is 3.25. The number of carbonyl (C=O) groups is 1. The van der Waals surface area contributed by atoms with Crippen molar-refractivity contribution in [3.05, 3.63) is 53.2 Å². The molecule has 0 saturated carbocycles. The molecule has 2 aromatic rings. The van der Waals surface area contributed by atoms with E-state index < -0.39 is 17.5 Å². The van der Waals surface area contributed by atoms with E-state index in [2.05, 4.69) is 10.9 Å². The standard InChI is InChI=1S/C14H8F2N2O/c1-2-8-5-10(15)7-18-13(8)11-4-3-9(14(17)19)6-12(11)16/h1,3-7H,(H2,17,19). The van der Waals surface area contributed by atoms with Crippen LogP contribution in [-0.2, 0) is 0 Å². The number of carbonyl (C=O) groups excluding carboxylic acids is 1. The average molecular weight is 258 g/mol. The number of hydrogen-bond donors (Lipinski definition) is 1. The summed E-state index contributed by atoms with van der Waals surface area (Å²) < 4.78 is 26.9. The topological polar surface area (TPSA) is 56.0 Å². The van der Waals surface area contributed by atoms with Crippen LogP contribution in [0.4, 0.5) is 8.78 Å². The van der Waals surface area contributed by atoms with Gasteiger partial charge in [-0.25, -0.2) is 8.78 Å². The van der Waals surface area contributed by atoms with Gasteiger partial charge in [-0.3, -0.25) is 9.78 Å². The average Bonchev–Trinajstić information content (AvgIpc) is 2.38. The van der Waals surface area contributed by atoms with Crippen molar-refractivity contribution in [1.29, 1.82) is 0 Å². The lowest BCUT2D eigenvalue weighted by molar-refractivity contribution is 0.1000. The Morgan fingerprint density at radius 2 is 2.05 bits per heavy atom. The summed E-state index contributed by atoms with van der Waals surface area (Å²) in [4.78, 5) is 14.7. The third-order valence-electron chi connectivity index (χ3n) is 2.52. The fraction of sp³-hybridized carbons (Fsp3) is 0. The van der Waals surface area contributed by atoms with Crippen molar-refractivity contribution in [2.75, 3.05) is 0 Å². The zero-order valence-corrected chi connectivity index (χ0v) is 9.65. The lowest BCUT2D eigenvalue weighted by atomic mass is 10.0. The van der Waals surface area contributed by atoms with E-state index >= 15 is 0 Å². The smallest absolute Gasteiger partial charge is 0.248 e. The van der Waals surface area contributed by atoms with E-state index in [1.807, 2.05) is 0 Å². The van der Waals surface area contributed by atoms with Crippen LogP contribution in [0, 0.1) is 24.0 Å². The normalized spacial score (nSPS) is 9.95. The zero-order valence-electron chi connectivity index (χ0n) is 9.65. The van der Waals surface area contributed by atoms with Crippen molar-refractivity contribution < 1.29 is 13.6 Å². The minimum absolute atomic E-state index is 0.0330. The summed E-state index contributed by atoms with van der Waals surface area (Å²) in [6.45, 7) is 0. The van der Waals surface area contributed by atoms with Crippen molar-refractivity contribution in [3.8, 4) is 23.6 Å². The second kappa shape index (κ2) is 4.86. The van der Waals surface area contributed by atoms with Gasteiger partial charge in [-0.2, -0.15) is 0 Å². The predicted octanol–water partition coefficient (Wildman–Crippen LogP) is 2.11. The van der Waals surface area contributed by atoms with Crippen LogP contribution in [0.3, 0.4) is 0 Å². The molecule has 0 spiro atoms. The van der Waals surface area contributed by atoms with E-state index in [-0.39, 0.29) is 22.4 Å². The molecule has 0 aliphatic heterocycles. The first-order valence-corrected chi connectivity index (χ1v) is 5.25. The summed E-state index contributed by atoms with van der Waals surface area (Å²) in [6.07, 6.45) is 6.17. The quantitative estimate of drug-likeness (QED) is 0.839. The lowest BCUT2D eigenvalue weighted by Gasteiger charge is -2.06. The van der Waals surface area contributed by atoms with Crippen LogP contribution >= 0.6 is 0 Å². The molecule has 0 saturated heterocycles. The van der Waals surface area contributed by atoms with Crippen molar-refractivity contribution in [2.24, 2.45) is 5.73 Å². The summed E-state index contributed by atoms with van der Waals surface area (Å²) >= 11 is 0. The molecule has 0 aliphatic carbocycles. The van der Waals surface area contributed by atoms with Crippen molar-refractivity contribution in [1.82, 2.24) is 4.98 Å². The third-order valence-corrected chi connectivity index (χ3v) is 2.52. The van der Waals surface area contributed by atoms with Gasteiger partial charge < -0.3 is 5.73 Å². The van der Waals surface area contributed by atoms with Gasteiger partial charge in [0.2, 0.25) is 5.91 Å². The Morgan fingerprint density at radius 1 is 1.32 bits per heavy atom. The molecule has 0 aliphatic rings. The summed E-state index contributed by atoms with van der Waals surface area (Å²) in [7, 11) is 0. The highest BCUT2D eigenvalue weighted by molar-refractivity contribution is 5.93. The van der Waals surface area contributed by atoms with Crippen LogP contribution < -0.4 is 5.73 Å². The van der Waals surface area contributed by atoms with Gasteiger partial charge in [0, 0.05) is 11.1 Å². The second-order valence-corrected chi connectivity index (χ2v) is 3.75. The number of halogens is 2. The number of rotatable bonds is 2. The van der Waals surface area contributed by atoms with E-state index in [0.717, 1.165) is 18.3 Å². The van der Waals surface area contributed by atoms with E-state index in [9.17, 15) is 13.6 Å². The Morgan fingerprint density at radius 3 is 2.63 bits per heavy atom. The highest BCUT2D eigenvalue weighted by Crippen LogP contribution is 2.25. The number of nitrogens with two attached hydrogens (primary N) is 1. The minimum Gasteiger partial charge on any atom is -0.366 e. The summed E-state index contributed by atoms with van der Waals surface area (Å²) in [6, 6.07) is 4.76. The molecular weight excluding hydrogens is 250 g/mol. The Hall–Kier alpha value is -2.74. The van der Waals surface area contributed by atoms with Crippen LogP contribution in [-0.4, -0.2) is 10.9 Å². The number of benzene rings is 1. The van der Waals surface area contributed by atoms with Crippen LogP contribution in [0.5, 0.6) is 0 Å². The van der Waals surface area contributed by atoms with E-state index in [4.69, 9.17) is 12.2 Å². The molecule has 0 atom stereocenters. The molecule has 1 aromatic heterocycles. The highest BCUT2D eigenvalue weighted by atomic mass is 19.1. The van der Waals surface area contributed by atoms with Crippen LogP contribution in [0.25, 0.3) is 11.3 Å². The molecule has 94 valence electrons. The molecule has 0 fully saturated rings. The SMILES string of the molecule is C#Cc1cc(F)cnc1-c1ccc(C(N)=O)cc1F. The first-order chi connectivity index (χ1) is 9.02. The fourth-order valence-corrected chi connectivity index (χ4v) is 1.62. The Bertz CT molecular complexity index is 705. The molecule has 1 amide bonds. The number of terminal acetylenes is 1. The first-order valence-electron chi connectivity index (χ1n) is 5.25. The maximum atomic E-state index is 13.9. The fourth-order valence-electron chi connectivity index (χ4n) is 1.62. The number of aromatic nitrogens is 1. The van der Waals surface area contributed by atoms with Gasteiger partial charge >= 0.3 is 0 Å². The van der Waals surface area contributed by atoms with E-state index in [0.29, 0.717) is 0 Å². The second-order valence-electron chi connectivity index (χ2n) is 3.75. The third kappa shape index (κ3) is 2.43. The molecule has 19 heavy (non-hydrogen) atoms. The number of pyridine rings is 1. The predicted molar refractivity (Wildman–Crippen MR) is 66.0 cm³/mol. The molecule has 0 unspecified atom stereocenters. The van der Waals surface area contributed by atoms with Crippen molar-refractivity contribution >= 4 is 5.91 Å². The molecular formula is C14H8F2N2O. The van der Waals surface area contributed by atoms with Gasteiger partial charge in [0.25, 0.3) is 0 Å². The van der Waals surface area contributed by atoms with Crippen LogP contribution in [0.2, 0.25) is 0 Å². The van der Waals surface area contributed by atoms with Gasteiger partial charge in [0.15, 0.2) is 0 Å². The molecule has 0 bridgehead atoms. The summed E-state index contributed by atoms with van der Waals surface area (Å²) in [5.41, 5.74) is 5.43. The number of hydrogen-bond acceptors (Lipinski definition) is 2. The molecule has 1 aromatic carbocycles. The van der Waals surface area contributed by atoms with Crippen molar-refractivity contribution in [3.63, 3.8) is 0 Å².